The fourth-order valence-electron chi connectivity index (χ4n) is 1.92. The van der Waals surface area contributed by atoms with Crippen LogP contribution in [0.25, 0.3) is 0 Å². The number of hydrogen-bond donors (Lipinski definition) is 0. The van der Waals surface area contributed by atoms with Gasteiger partial charge in [-0.05, 0) is 0 Å². The van der Waals surface area contributed by atoms with Crippen LogP contribution in [0.4, 0.5) is 0 Å². The second-order valence-electron chi connectivity index (χ2n) is 8.47. The first-order valence-electron chi connectivity index (χ1n) is 19.1. The molecule has 0 unspecified atom stereocenters. The number of rotatable bonds is 0. The molecule has 5 nitrogen and oxygen atoms in total. The van der Waals surface area contributed by atoms with Crippen molar-refractivity contribution in [1.29, 1.82) is 0 Å². The SMILES string of the molecule is C.CC.CC.CC.CC.CC.CC.COC.CS(C)(=O)=O.CS(C)(=O)=O.c1ccccc1.c1ccccc1.c1ccccc1.c1ccccc1.c1ccccc1. The molecule has 0 aromatic heterocycles. The summed E-state index contributed by atoms with van der Waals surface area (Å²) < 4.78 is 42.8. The van der Waals surface area contributed by atoms with Crippen molar-refractivity contribution in [1.82, 2.24) is 0 Å². The summed E-state index contributed by atoms with van der Waals surface area (Å²) in [4.78, 5) is 0. The van der Waals surface area contributed by atoms with Crippen molar-refractivity contribution >= 4 is 19.7 Å². The molecule has 0 heterocycles. The summed E-state index contributed by atoms with van der Waals surface area (Å²) in [5, 5.41) is 0. The third kappa shape index (κ3) is 178. The van der Waals surface area contributed by atoms with Gasteiger partial charge in [-0.15, -0.1) is 0 Å². The van der Waals surface area contributed by atoms with E-state index in [1.807, 2.05) is 265 Å². The second kappa shape index (κ2) is 83.8. The number of methoxy groups -OCH3 is 1. The van der Waals surface area contributed by atoms with Gasteiger partial charge in [0.15, 0.2) is 0 Å². The van der Waals surface area contributed by atoms with Gasteiger partial charge in [0.25, 0.3) is 0 Å². The van der Waals surface area contributed by atoms with Crippen LogP contribution in [0.1, 0.15) is 90.5 Å². The van der Waals surface area contributed by atoms with Crippen LogP contribution < -0.4 is 0 Å². The number of hydrogen-bond acceptors (Lipinski definition) is 5. The van der Waals surface area contributed by atoms with Gasteiger partial charge >= 0.3 is 0 Å². The molecular formula is C49H88O5S2. The van der Waals surface area contributed by atoms with E-state index >= 15 is 0 Å². The molecule has 0 aliphatic heterocycles. The van der Waals surface area contributed by atoms with Crippen molar-refractivity contribution in [3.63, 3.8) is 0 Å². The molecule has 326 valence electrons. The van der Waals surface area contributed by atoms with E-state index in [9.17, 15) is 16.8 Å². The van der Waals surface area contributed by atoms with E-state index in [0.717, 1.165) is 25.0 Å². The van der Waals surface area contributed by atoms with Gasteiger partial charge in [0.05, 0.1) is 0 Å². The molecule has 5 aromatic rings. The Morgan fingerprint density at radius 1 is 0.232 bits per heavy atom. The first-order valence-corrected chi connectivity index (χ1v) is 23.7. The van der Waals surface area contributed by atoms with Gasteiger partial charge in [0.1, 0.15) is 19.7 Å². The third-order valence-electron chi connectivity index (χ3n) is 3.33. The largest absolute Gasteiger partial charge is 0.388 e. The quantitative estimate of drug-likeness (QED) is 0.155. The molecule has 0 bridgehead atoms. The molecule has 0 fully saturated rings. The van der Waals surface area contributed by atoms with Crippen molar-refractivity contribution in [2.75, 3.05) is 39.2 Å². The maximum atomic E-state index is 9.63. The van der Waals surface area contributed by atoms with Crippen LogP contribution in [-0.4, -0.2) is 56.1 Å². The van der Waals surface area contributed by atoms with E-state index < -0.39 is 19.7 Å². The molecule has 0 N–H and O–H groups in total. The van der Waals surface area contributed by atoms with Crippen molar-refractivity contribution in [2.45, 2.75) is 90.5 Å². The van der Waals surface area contributed by atoms with E-state index in [0.29, 0.717) is 0 Å². The second-order valence-corrected chi connectivity index (χ2v) is 13.0. The minimum absolute atomic E-state index is 0. The van der Waals surface area contributed by atoms with E-state index in [-0.39, 0.29) is 7.43 Å². The molecule has 0 atom stereocenters. The van der Waals surface area contributed by atoms with Crippen molar-refractivity contribution in [2.24, 2.45) is 0 Å². The van der Waals surface area contributed by atoms with Gasteiger partial charge in [-0.3, -0.25) is 0 Å². The van der Waals surface area contributed by atoms with E-state index in [2.05, 4.69) is 4.74 Å². The Morgan fingerprint density at radius 3 is 0.268 bits per heavy atom. The lowest BCUT2D eigenvalue weighted by Gasteiger charge is -1.69. The molecule has 0 amide bonds. The zero-order chi connectivity index (χ0) is 44.9. The highest BCUT2D eigenvalue weighted by molar-refractivity contribution is 7.90. The molecule has 0 aliphatic carbocycles. The molecular weight excluding hydrogens is 733 g/mol. The van der Waals surface area contributed by atoms with Gasteiger partial charge in [0.2, 0.25) is 0 Å². The number of benzene rings is 5. The minimum atomic E-state index is -2.67. The Balaban J connectivity index is -0.0000000521. The van der Waals surface area contributed by atoms with Crippen LogP contribution in [0.15, 0.2) is 182 Å². The first-order chi connectivity index (χ1) is 26.4. The van der Waals surface area contributed by atoms with Crippen LogP contribution >= 0.6 is 0 Å². The standard InChI is InChI=1S/5C6H6.2C2H6O2S.C2H6O.6C2H6.CH4/c5*1-2-4-6-5-3-1;2*1-5(2,3)4;1-3-2;6*1-2;/h5*1-6H;2*1-2H3;1-2H3;6*1-2H3;1H4. The predicted octanol–water partition coefficient (Wildman–Crippen LogP) is 14.8. The number of sulfone groups is 2. The maximum Gasteiger partial charge on any atom is 0.144 e. The zero-order valence-electron chi connectivity index (χ0n) is 38.2. The molecule has 0 spiro atoms. The van der Waals surface area contributed by atoms with Crippen molar-refractivity contribution in [3.8, 4) is 0 Å². The Hall–Kier alpha value is -4.04. The average Bonchev–Trinajstić information content (AvgIpc) is 3.26. The van der Waals surface area contributed by atoms with Gasteiger partial charge < -0.3 is 4.74 Å². The molecule has 5 rings (SSSR count). The topological polar surface area (TPSA) is 77.5 Å². The molecule has 0 saturated carbocycles. The maximum absolute atomic E-state index is 9.63. The fraction of sp³-hybridized carbons (Fsp3) is 0.388. The summed E-state index contributed by atoms with van der Waals surface area (Å²) in [6, 6.07) is 60.0. The molecule has 56 heavy (non-hydrogen) atoms. The van der Waals surface area contributed by atoms with Crippen LogP contribution in [-0.2, 0) is 24.4 Å². The van der Waals surface area contributed by atoms with Gasteiger partial charge in [-0.25, -0.2) is 16.8 Å². The monoisotopic (exact) mass is 821 g/mol. The Kier molecular flexibility index (Phi) is 115. The Bertz CT molecular complexity index is 977. The van der Waals surface area contributed by atoms with E-state index in [1.165, 1.54) is 0 Å². The van der Waals surface area contributed by atoms with Gasteiger partial charge in [-0.1, -0.05) is 273 Å². The zero-order valence-corrected chi connectivity index (χ0v) is 39.8. The summed E-state index contributed by atoms with van der Waals surface area (Å²) >= 11 is 0. The highest BCUT2D eigenvalue weighted by Gasteiger charge is 1.79. The van der Waals surface area contributed by atoms with Crippen LogP contribution in [0.3, 0.4) is 0 Å². The lowest BCUT2D eigenvalue weighted by molar-refractivity contribution is 0.277. The summed E-state index contributed by atoms with van der Waals surface area (Å²) in [6.45, 7) is 24.0. The fourth-order valence-corrected chi connectivity index (χ4v) is 1.92. The molecule has 5 aromatic carbocycles. The Labute approximate surface area is 351 Å². The van der Waals surface area contributed by atoms with Crippen molar-refractivity contribution < 1.29 is 21.6 Å². The highest BCUT2D eigenvalue weighted by Crippen LogP contribution is 1.82. The smallest absolute Gasteiger partial charge is 0.144 e. The summed E-state index contributed by atoms with van der Waals surface area (Å²) in [7, 11) is -2.08. The predicted molar refractivity (Wildman–Crippen MR) is 261 cm³/mol. The molecule has 0 aliphatic rings. The van der Waals surface area contributed by atoms with Crippen molar-refractivity contribution in [3.05, 3.63) is 182 Å². The van der Waals surface area contributed by atoms with Crippen LogP contribution in [0.2, 0.25) is 0 Å². The summed E-state index contributed by atoms with van der Waals surface area (Å²) in [5.74, 6) is 0. The van der Waals surface area contributed by atoms with E-state index in [1.54, 1.807) is 14.2 Å². The summed E-state index contributed by atoms with van der Waals surface area (Å²) in [6.07, 6.45) is 4.64. The van der Waals surface area contributed by atoms with Crippen LogP contribution in [0, 0.1) is 0 Å². The third-order valence-corrected chi connectivity index (χ3v) is 3.33. The molecule has 7 heteroatoms. The van der Waals surface area contributed by atoms with Gasteiger partial charge in [-0.2, -0.15) is 0 Å². The molecule has 0 saturated heterocycles. The highest BCUT2D eigenvalue weighted by atomic mass is 32.2. The average molecular weight is 821 g/mol. The van der Waals surface area contributed by atoms with E-state index in [4.69, 9.17) is 0 Å². The minimum Gasteiger partial charge on any atom is -0.388 e. The molecule has 0 radical (unpaired) electrons. The Morgan fingerprint density at radius 2 is 0.250 bits per heavy atom. The first kappa shape index (κ1) is 76.6. The normalized spacial score (nSPS) is 7.32. The number of ether oxygens (including phenoxy) is 1. The lowest BCUT2D eigenvalue weighted by atomic mass is 10.4. The lowest BCUT2D eigenvalue weighted by Crippen LogP contribution is -1.86. The summed E-state index contributed by atoms with van der Waals surface area (Å²) in [5.41, 5.74) is 0. The van der Waals surface area contributed by atoms with Crippen LogP contribution in [0.5, 0.6) is 0 Å². The van der Waals surface area contributed by atoms with Gasteiger partial charge in [0, 0.05) is 39.2 Å².